The molecule has 5 nitrogen and oxygen atoms in total. The molecule has 1 aromatic heterocycles. The Labute approximate surface area is 133 Å². The summed E-state index contributed by atoms with van der Waals surface area (Å²) >= 11 is 0. The number of carbonyl (C=O) groups is 1. The van der Waals surface area contributed by atoms with Crippen molar-refractivity contribution >= 4 is 16.7 Å². The minimum Gasteiger partial charge on any atom is -0.456 e. The highest BCUT2D eigenvalue weighted by Crippen LogP contribution is 2.15. The maximum absolute atomic E-state index is 12.4. The SMILES string of the molecule is Cc1ccc(COC(=O)c2nn(C)c(=O)c3ccccc23)cc1. The first-order valence-corrected chi connectivity index (χ1v) is 7.25. The van der Waals surface area contributed by atoms with Gasteiger partial charge in [0, 0.05) is 12.4 Å². The first-order chi connectivity index (χ1) is 11.1. The lowest BCUT2D eigenvalue weighted by molar-refractivity contribution is 0.0465. The van der Waals surface area contributed by atoms with Crippen molar-refractivity contribution in [3.05, 3.63) is 75.7 Å². The van der Waals surface area contributed by atoms with E-state index in [-0.39, 0.29) is 17.9 Å². The summed E-state index contributed by atoms with van der Waals surface area (Å²) in [6.07, 6.45) is 0. The Morgan fingerprint density at radius 1 is 1.09 bits per heavy atom. The number of carbonyl (C=O) groups excluding carboxylic acids is 1. The zero-order valence-corrected chi connectivity index (χ0v) is 12.9. The molecule has 0 radical (unpaired) electrons. The Balaban J connectivity index is 1.90. The number of benzene rings is 2. The lowest BCUT2D eigenvalue weighted by Gasteiger charge is -2.08. The first-order valence-electron chi connectivity index (χ1n) is 7.25. The Kier molecular flexibility index (Phi) is 3.93. The van der Waals surface area contributed by atoms with Crippen molar-refractivity contribution in [2.24, 2.45) is 7.05 Å². The fourth-order valence-corrected chi connectivity index (χ4v) is 2.35. The van der Waals surface area contributed by atoms with Crippen molar-refractivity contribution < 1.29 is 9.53 Å². The second-order valence-electron chi connectivity index (χ2n) is 5.38. The van der Waals surface area contributed by atoms with Crippen LogP contribution in [0.15, 0.2) is 53.3 Å². The molecule has 3 rings (SSSR count). The number of aryl methyl sites for hydroxylation is 2. The number of nitrogens with zero attached hydrogens (tertiary/aromatic N) is 2. The van der Waals surface area contributed by atoms with Crippen LogP contribution in [0.3, 0.4) is 0 Å². The van der Waals surface area contributed by atoms with Crippen LogP contribution in [0.2, 0.25) is 0 Å². The molecule has 5 heteroatoms. The van der Waals surface area contributed by atoms with Crippen molar-refractivity contribution in [1.29, 1.82) is 0 Å². The Morgan fingerprint density at radius 2 is 1.74 bits per heavy atom. The Bertz CT molecular complexity index is 927. The third-order valence-corrected chi connectivity index (χ3v) is 3.64. The summed E-state index contributed by atoms with van der Waals surface area (Å²) in [6.45, 7) is 2.16. The number of aromatic nitrogens is 2. The minimum absolute atomic E-state index is 0.148. The molecule has 1 heterocycles. The average molecular weight is 308 g/mol. The molecule has 0 spiro atoms. The molecule has 116 valence electrons. The molecule has 0 atom stereocenters. The van der Waals surface area contributed by atoms with Crippen LogP contribution >= 0.6 is 0 Å². The van der Waals surface area contributed by atoms with Crippen LogP contribution in [0, 0.1) is 6.92 Å². The van der Waals surface area contributed by atoms with Gasteiger partial charge in [-0.2, -0.15) is 5.10 Å². The van der Waals surface area contributed by atoms with Gasteiger partial charge in [-0.05, 0) is 18.6 Å². The standard InChI is InChI=1S/C18H16N2O3/c1-12-7-9-13(10-8-12)11-23-18(22)16-14-5-3-4-6-15(14)17(21)20(2)19-16/h3-10H,11H2,1-2H3. The quantitative estimate of drug-likeness (QED) is 0.698. The topological polar surface area (TPSA) is 61.2 Å². The number of fused-ring (bicyclic) bond motifs is 1. The number of esters is 1. The normalized spacial score (nSPS) is 10.7. The van der Waals surface area contributed by atoms with Crippen molar-refractivity contribution in [3.63, 3.8) is 0 Å². The van der Waals surface area contributed by atoms with Crippen molar-refractivity contribution in [1.82, 2.24) is 9.78 Å². The lowest BCUT2D eigenvalue weighted by Crippen LogP contribution is -2.23. The molecule has 23 heavy (non-hydrogen) atoms. The van der Waals surface area contributed by atoms with Crippen LogP contribution < -0.4 is 5.56 Å². The third kappa shape index (κ3) is 2.99. The van der Waals surface area contributed by atoms with Gasteiger partial charge in [-0.1, -0.05) is 48.0 Å². The zero-order chi connectivity index (χ0) is 16.4. The zero-order valence-electron chi connectivity index (χ0n) is 12.9. The van der Waals surface area contributed by atoms with Gasteiger partial charge in [0.25, 0.3) is 5.56 Å². The molecule has 0 aliphatic carbocycles. The summed E-state index contributed by atoms with van der Waals surface area (Å²) in [5.41, 5.74) is 1.95. The van der Waals surface area contributed by atoms with Crippen molar-refractivity contribution in [2.75, 3.05) is 0 Å². The Hall–Kier alpha value is -2.95. The summed E-state index contributed by atoms with van der Waals surface area (Å²) in [5.74, 6) is -0.544. The predicted octanol–water partition coefficient (Wildman–Crippen LogP) is 2.60. The van der Waals surface area contributed by atoms with Gasteiger partial charge in [0.05, 0.1) is 5.39 Å². The number of hydrogen-bond donors (Lipinski definition) is 0. The second-order valence-corrected chi connectivity index (χ2v) is 5.38. The van der Waals surface area contributed by atoms with E-state index in [1.165, 1.54) is 7.05 Å². The van der Waals surface area contributed by atoms with E-state index >= 15 is 0 Å². The highest BCUT2D eigenvalue weighted by Gasteiger charge is 2.16. The van der Waals surface area contributed by atoms with Gasteiger partial charge in [0.2, 0.25) is 0 Å². The molecule has 0 unspecified atom stereocenters. The van der Waals surface area contributed by atoms with Crippen LogP contribution in [-0.4, -0.2) is 15.7 Å². The predicted molar refractivity (Wildman–Crippen MR) is 87.3 cm³/mol. The van der Waals surface area contributed by atoms with Crippen LogP contribution in [0.1, 0.15) is 21.6 Å². The molecule has 0 N–H and O–H groups in total. The summed E-state index contributed by atoms with van der Waals surface area (Å²) in [5, 5.41) is 5.01. The largest absolute Gasteiger partial charge is 0.456 e. The maximum atomic E-state index is 12.4. The molecular formula is C18H16N2O3. The molecule has 0 aliphatic heterocycles. The van der Waals surface area contributed by atoms with Gasteiger partial charge in [0.1, 0.15) is 6.61 Å². The van der Waals surface area contributed by atoms with Crippen LogP contribution in [0.5, 0.6) is 0 Å². The fraction of sp³-hybridized carbons (Fsp3) is 0.167. The van der Waals surface area contributed by atoms with E-state index in [0.29, 0.717) is 10.8 Å². The summed E-state index contributed by atoms with van der Waals surface area (Å²) in [6, 6.07) is 14.6. The average Bonchev–Trinajstić information content (AvgIpc) is 2.57. The van der Waals surface area contributed by atoms with Gasteiger partial charge in [-0.25, -0.2) is 9.48 Å². The van der Waals surface area contributed by atoms with E-state index in [4.69, 9.17) is 4.74 Å². The first kappa shape index (κ1) is 15.0. The van der Waals surface area contributed by atoms with Gasteiger partial charge in [0.15, 0.2) is 5.69 Å². The Morgan fingerprint density at radius 3 is 2.43 bits per heavy atom. The third-order valence-electron chi connectivity index (χ3n) is 3.64. The molecule has 0 saturated carbocycles. The van der Waals surface area contributed by atoms with Gasteiger partial charge < -0.3 is 4.74 Å². The minimum atomic E-state index is -0.544. The maximum Gasteiger partial charge on any atom is 0.359 e. The van der Waals surface area contributed by atoms with E-state index in [1.54, 1.807) is 24.3 Å². The highest BCUT2D eigenvalue weighted by molar-refractivity contribution is 6.02. The number of rotatable bonds is 3. The van der Waals surface area contributed by atoms with Crippen LogP contribution in [0.25, 0.3) is 10.8 Å². The molecular weight excluding hydrogens is 292 g/mol. The molecule has 0 bridgehead atoms. The molecule has 2 aromatic carbocycles. The highest BCUT2D eigenvalue weighted by atomic mass is 16.5. The van der Waals surface area contributed by atoms with Gasteiger partial charge in [-0.3, -0.25) is 4.79 Å². The lowest BCUT2D eigenvalue weighted by atomic mass is 10.1. The van der Waals surface area contributed by atoms with E-state index in [0.717, 1.165) is 15.8 Å². The van der Waals surface area contributed by atoms with E-state index in [1.807, 2.05) is 31.2 Å². The van der Waals surface area contributed by atoms with E-state index in [2.05, 4.69) is 5.10 Å². The van der Waals surface area contributed by atoms with Gasteiger partial charge in [-0.15, -0.1) is 0 Å². The van der Waals surface area contributed by atoms with Crippen molar-refractivity contribution in [3.8, 4) is 0 Å². The monoisotopic (exact) mass is 308 g/mol. The molecule has 0 amide bonds. The fourth-order valence-electron chi connectivity index (χ4n) is 2.35. The van der Waals surface area contributed by atoms with Crippen molar-refractivity contribution in [2.45, 2.75) is 13.5 Å². The molecule has 0 aliphatic rings. The molecule has 3 aromatic rings. The van der Waals surface area contributed by atoms with E-state index in [9.17, 15) is 9.59 Å². The molecule has 0 fully saturated rings. The summed E-state index contributed by atoms with van der Waals surface area (Å²) < 4.78 is 6.50. The van der Waals surface area contributed by atoms with Crippen LogP contribution in [0.4, 0.5) is 0 Å². The van der Waals surface area contributed by atoms with Gasteiger partial charge >= 0.3 is 5.97 Å². The summed E-state index contributed by atoms with van der Waals surface area (Å²) in [7, 11) is 1.52. The number of ether oxygens (including phenoxy) is 1. The number of hydrogen-bond acceptors (Lipinski definition) is 4. The second kappa shape index (κ2) is 6.04. The summed E-state index contributed by atoms with van der Waals surface area (Å²) in [4.78, 5) is 24.4. The molecule has 0 saturated heterocycles. The smallest absolute Gasteiger partial charge is 0.359 e. The van der Waals surface area contributed by atoms with E-state index < -0.39 is 5.97 Å². The van der Waals surface area contributed by atoms with Crippen LogP contribution in [-0.2, 0) is 18.4 Å².